The highest BCUT2D eigenvalue weighted by Gasteiger charge is 2.53. The van der Waals surface area contributed by atoms with Crippen molar-refractivity contribution < 1.29 is 0 Å². The summed E-state index contributed by atoms with van der Waals surface area (Å²) < 4.78 is 0. The molecule has 1 aromatic heterocycles. The van der Waals surface area contributed by atoms with E-state index >= 15 is 0 Å². The Balaban J connectivity index is 1.01. The van der Waals surface area contributed by atoms with E-state index in [-0.39, 0.29) is 22.2 Å². The maximum atomic E-state index is 5.46. The van der Waals surface area contributed by atoms with Crippen LogP contribution in [0.2, 0.25) is 0 Å². The molecule has 5 nitrogen and oxygen atoms in total. The summed E-state index contributed by atoms with van der Waals surface area (Å²) in [6, 6.07) is 69.0. The summed E-state index contributed by atoms with van der Waals surface area (Å²) in [6.07, 6.45) is 0. The van der Waals surface area contributed by atoms with E-state index in [1.165, 1.54) is 50.1 Å². The van der Waals surface area contributed by atoms with Crippen LogP contribution in [0.4, 0.5) is 11.4 Å². The van der Waals surface area contributed by atoms with Gasteiger partial charge in [0.05, 0.1) is 33.3 Å². The maximum Gasteiger partial charge on any atom is 0.155 e. The number of para-hydroxylation sites is 2. The Morgan fingerprint density at radius 2 is 0.761 bits per heavy atom. The lowest BCUT2D eigenvalue weighted by Crippen LogP contribution is -2.53. The molecule has 67 heavy (non-hydrogen) atoms. The zero-order chi connectivity index (χ0) is 46.1. The van der Waals surface area contributed by atoms with Crippen LogP contribution in [0.1, 0.15) is 88.9 Å². The number of aliphatic imine (C=N–C) groups is 2. The van der Waals surface area contributed by atoms with E-state index in [2.05, 4.69) is 253 Å². The second-order valence-corrected chi connectivity index (χ2v) is 20.8. The quantitative estimate of drug-likeness (QED) is 0.167. The van der Waals surface area contributed by atoms with Gasteiger partial charge >= 0.3 is 0 Å². The first-order chi connectivity index (χ1) is 32.2. The molecule has 0 saturated carbocycles. The number of hydrogen-bond donors (Lipinski definition) is 0. The molecular weight excluding hydrogens is 815 g/mol. The van der Waals surface area contributed by atoms with Crippen LogP contribution in [-0.2, 0) is 5.41 Å². The molecule has 0 amide bonds. The van der Waals surface area contributed by atoms with Gasteiger partial charge in [-0.2, -0.15) is 0 Å². The minimum atomic E-state index is -0.541. The van der Waals surface area contributed by atoms with E-state index in [0.717, 1.165) is 51.1 Å². The second-order valence-electron chi connectivity index (χ2n) is 20.8. The lowest BCUT2D eigenvalue weighted by molar-refractivity contribution is 0.338. The van der Waals surface area contributed by atoms with Crippen LogP contribution in [0.5, 0.6) is 0 Å². The van der Waals surface area contributed by atoms with Gasteiger partial charge in [-0.05, 0) is 166 Å². The van der Waals surface area contributed by atoms with Crippen LogP contribution < -0.4 is 9.80 Å². The Kier molecular flexibility index (Phi) is 8.78. The smallest absolute Gasteiger partial charge is 0.155 e. The van der Waals surface area contributed by atoms with Gasteiger partial charge in [-0.15, -0.1) is 0 Å². The summed E-state index contributed by atoms with van der Waals surface area (Å²) in [6.45, 7) is 18.1. The predicted molar refractivity (Wildman–Crippen MR) is 279 cm³/mol. The van der Waals surface area contributed by atoms with E-state index in [0.29, 0.717) is 0 Å². The number of anilines is 2. The molecule has 0 atom stereocenters. The normalized spacial score (nSPS) is 18.3. The number of nitrogens with zero attached hydrogens (tertiary/aromatic N) is 5. The molecule has 4 aliphatic rings. The predicted octanol–water partition coefficient (Wildman–Crippen LogP) is 14.4. The van der Waals surface area contributed by atoms with Gasteiger partial charge in [0.2, 0.25) is 0 Å². The molecule has 0 unspecified atom stereocenters. The standard InChI is InChI=1S/C62H55N5/c1-58(2)60(5,6)66(44-23-11-9-12-24-44)56(64-58)43-22-19-21-40(37-43)41-33-35-48-49-36-34-42(39-53(49)62(52(48)38-41)50-29-17-15-27-46(50)47-28-16-18-30-51(47)62)54-31-20-32-55(63-54)57-65-59(3,4)61(7,8)67(57)45-25-13-10-14-26-45/h9-39H,1-8H3. The highest BCUT2D eigenvalue weighted by molar-refractivity contribution is 6.14. The van der Waals surface area contributed by atoms with Crippen molar-refractivity contribution in [1.82, 2.24) is 4.98 Å². The molecule has 0 N–H and O–H groups in total. The first-order valence-electron chi connectivity index (χ1n) is 23.7. The molecule has 3 heterocycles. The molecule has 2 aliphatic heterocycles. The Morgan fingerprint density at radius 3 is 1.36 bits per heavy atom. The van der Waals surface area contributed by atoms with E-state index < -0.39 is 5.41 Å². The minimum Gasteiger partial charge on any atom is -0.318 e. The van der Waals surface area contributed by atoms with Crippen molar-refractivity contribution in [1.29, 1.82) is 0 Å². The van der Waals surface area contributed by atoms with E-state index in [1.807, 2.05) is 0 Å². The molecule has 2 aliphatic carbocycles. The number of amidine groups is 2. The fourth-order valence-corrected chi connectivity index (χ4v) is 11.4. The van der Waals surface area contributed by atoms with E-state index in [4.69, 9.17) is 15.0 Å². The number of rotatable bonds is 6. The lowest BCUT2D eigenvalue weighted by Gasteiger charge is -2.41. The van der Waals surface area contributed by atoms with Crippen molar-refractivity contribution in [3.05, 3.63) is 222 Å². The molecule has 5 heteroatoms. The highest BCUT2D eigenvalue weighted by atomic mass is 15.3. The Labute approximate surface area is 395 Å². The topological polar surface area (TPSA) is 44.1 Å². The van der Waals surface area contributed by atoms with Crippen molar-refractivity contribution in [2.75, 3.05) is 9.80 Å². The summed E-state index contributed by atoms with van der Waals surface area (Å²) in [5, 5.41) is 0. The monoisotopic (exact) mass is 869 g/mol. The van der Waals surface area contributed by atoms with E-state index in [9.17, 15) is 0 Å². The summed E-state index contributed by atoms with van der Waals surface area (Å²) >= 11 is 0. The third kappa shape index (κ3) is 5.76. The lowest BCUT2D eigenvalue weighted by atomic mass is 9.70. The van der Waals surface area contributed by atoms with Crippen molar-refractivity contribution in [3.8, 4) is 44.6 Å². The molecule has 1 spiro atoms. The summed E-state index contributed by atoms with van der Waals surface area (Å²) in [5.41, 5.74) is 17.2. The number of benzene rings is 7. The molecule has 0 bridgehead atoms. The van der Waals surface area contributed by atoms with Gasteiger partial charge in [0.1, 0.15) is 11.5 Å². The van der Waals surface area contributed by atoms with Crippen molar-refractivity contribution in [2.24, 2.45) is 9.98 Å². The Bertz CT molecular complexity index is 3150. The van der Waals surface area contributed by atoms with Crippen LogP contribution >= 0.6 is 0 Å². The number of aromatic nitrogens is 1. The summed E-state index contributed by atoms with van der Waals surface area (Å²) in [7, 11) is 0. The SMILES string of the molecule is CC1(C)N=C(c2cccc(-c3ccc4c(c3)C3(c5ccccc5-c5ccccc53)c3cc(-c5cccc(C6=NC(C)(C)C(C)(C)N6c6ccccc6)n5)ccc3-4)c2)N(c2ccccc2)C1(C)C. The van der Waals surface area contributed by atoms with Gasteiger partial charge in [-0.3, -0.25) is 9.98 Å². The summed E-state index contributed by atoms with van der Waals surface area (Å²) in [5.74, 6) is 1.89. The number of fused-ring (bicyclic) bond motifs is 10. The first kappa shape index (κ1) is 41.1. The van der Waals surface area contributed by atoms with Gasteiger partial charge in [0.25, 0.3) is 0 Å². The third-order valence-corrected chi connectivity index (χ3v) is 16.2. The van der Waals surface area contributed by atoms with Crippen LogP contribution in [0.25, 0.3) is 44.6 Å². The molecule has 328 valence electrons. The highest BCUT2D eigenvalue weighted by Crippen LogP contribution is 2.63. The van der Waals surface area contributed by atoms with Gasteiger partial charge in [-0.1, -0.05) is 133 Å². The molecule has 7 aromatic carbocycles. The maximum absolute atomic E-state index is 5.46. The van der Waals surface area contributed by atoms with Crippen LogP contribution in [0, 0.1) is 0 Å². The zero-order valence-corrected chi connectivity index (χ0v) is 39.6. The van der Waals surface area contributed by atoms with Crippen LogP contribution in [0.3, 0.4) is 0 Å². The van der Waals surface area contributed by atoms with Gasteiger partial charge in [-0.25, -0.2) is 4.98 Å². The molecule has 0 saturated heterocycles. The largest absolute Gasteiger partial charge is 0.318 e. The molecule has 8 aromatic rings. The van der Waals surface area contributed by atoms with Crippen molar-refractivity contribution in [3.63, 3.8) is 0 Å². The second kappa shape index (κ2) is 14.3. The van der Waals surface area contributed by atoms with E-state index in [1.54, 1.807) is 0 Å². The zero-order valence-electron chi connectivity index (χ0n) is 39.6. The van der Waals surface area contributed by atoms with Gasteiger partial charge in [0, 0.05) is 22.5 Å². The number of pyridine rings is 1. The van der Waals surface area contributed by atoms with Crippen molar-refractivity contribution in [2.45, 2.75) is 83.0 Å². The fourth-order valence-electron chi connectivity index (χ4n) is 11.4. The fraction of sp³-hybridized carbons (Fsp3) is 0.210. The van der Waals surface area contributed by atoms with Gasteiger partial charge < -0.3 is 9.80 Å². The molecule has 0 radical (unpaired) electrons. The Morgan fingerprint density at radius 1 is 0.328 bits per heavy atom. The average molecular weight is 870 g/mol. The summed E-state index contributed by atoms with van der Waals surface area (Å²) in [4.78, 5) is 21.1. The molecule has 12 rings (SSSR count). The average Bonchev–Trinajstić information content (AvgIpc) is 3.94. The molecular formula is C62H55N5. The minimum absolute atomic E-state index is 0.245. The van der Waals surface area contributed by atoms with Gasteiger partial charge in [0.15, 0.2) is 5.84 Å². The van der Waals surface area contributed by atoms with Crippen LogP contribution in [0.15, 0.2) is 198 Å². The molecule has 0 fully saturated rings. The van der Waals surface area contributed by atoms with Crippen molar-refractivity contribution >= 4 is 23.0 Å². The third-order valence-electron chi connectivity index (χ3n) is 16.2. The number of hydrogen-bond acceptors (Lipinski definition) is 5. The Hall–Kier alpha value is -7.37. The first-order valence-corrected chi connectivity index (χ1v) is 23.7. The van der Waals surface area contributed by atoms with Crippen LogP contribution in [-0.4, -0.2) is 38.8 Å².